The molecule has 0 fully saturated rings. The lowest BCUT2D eigenvalue weighted by Gasteiger charge is -2.05. The van der Waals surface area contributed by atoms with Crippen LogP contribution in [0.3, 0.4) is 0 Å². The van der Waals surface area contributed by atoms with E-state index >= 15 is 0 Å². The Morgan fingerprint density at radius 3 is 2.45 bits per heavy atom. The molecule has 0 amide bonds. The molecule has 3 rings (SSSR count). The summed E-state index contributed by atoms with van der Waals surface area (Å²) in [7, 11) is 0. The van der Waals surface area contributed by atoms with Crippen molar-refractivity contribution in [1.82, 2.24) is 0 Å². The van der Waals surface area contributed by atoms with Gasteiger partial charge in [-0.05, 0) is 38.1 Å². The molecule has 1 aromatic carbocycles. The quantitative estimate of drug-likeness (QED) is 0.132. The molecular formula is C24H23ClNO3S2+. The van der Waals surface area contributed by atoms with Crippen LogP contribution in [0.1, 0.15) is 34.6 Å². The summed E-state index contributed by atoms with van der Waals surface area (Å²) >= 11 is 9.01. The SMILES string of the molecule is C=C(C)CSc1sc(C(=O)c2ccc(Cl)cc2)c(CC(=O)OCC)c1-[n+]1ccccc1. The molecule has 0 bridgehead atoms. The lowest BCUT2D eigenvalue weighted by molar-refractivity contribution is -0.598. The number of thiophene rings is 1. The summed E-state index contributed by atoms with van der Waals surface area (Å²) in [6.45, 7) is 8.01. The largest absolute Gasteiger partial charge is 0.466 e. The highest BCUT2D eigenvalue weighted by molar-refractivity contribution is 8.01. The van der Waals surface area contributed by atoms with Gasteiger partial charge in [-0.2, -0.15) is 4.57 Å². The van der Waals surface area contributed by atoms with Gasteiger partial charge in [0.25, 0.3) is 0 Å². The van der Waals surface area contributed by atoms with Crippen molar-refractivity contribution in [3.8, 4) is 5.69 Å². The van der Waals surface area contributed by atoms with Gasteiger partial charge in [0.05, 0.1) is 23.5 Å². The standard InChI is InChI=1S/C24H23ClNO3S2/c1-4-29-20(27)14-19-21(26-12-6-5-7-13-26)24(30-15-16(2)3)31-23(19)22(28)17-8-10-18(25)11-9-17/h5-13H,2,4,14-15H2,1,3H3/q+1. The lowest BCUT2D eigenvalue weighted by atomic mass is 10.0. The van der Waals surface area contributed by atoms with Crippen LogP contribution in [0.4, 0.5) is 0 Å². The van der Waals surface area contributed by atoms with E-state index in [1.807, 2.05) is 42.1 Å². The van der Waals surface area contributed by atoms with Crippen LogP contribution >= 0.6 is 34.7 Å². The van der Waals surface area contributed by atoms with E-state index in [0.717, 1.165) is 15.5 Å². The number of hydrogen-bond acceptors (Lipinski definition) is 5. The molecular weight excluding hydrogens is 450 g/mol. The maximum absolute atomic E-state index is 13.4. The second-order valence-electron chi connectivity index (χ2n) is 6.89. The van der Waals surface area contributed by atoms with Gasteiger partial charge in [0.2, 0.25) is 11.5 Å². The number of aromatic nitrogens is 1. The molecule has 2 heterocycles. The number of halogens is 1. The Labute approximate surface area is 195 Å². The number of hydrogen-bond donors (Lipinski definition) is 0. The van der Waals surface area contributed by atoms with Crippen LogP contribution in [0.15, 0.2) is 71.2 Å². The topological polar surface area (TPSA) is 47.3 Å². The van der Waals surface area contributed by atoms with E-state index in [-0.39, 0.29) is 24.8 Å². The van der Waals surface area contributed by atoms with Gasteiger partial charge < -0.3 is 4.74 Å². The summed E-state index contributed by atoms with van der Waals surface area (Å²) in [6, 6.07) is 12.5. The second kappa shape index (κ2) is 10.8. The van der Waals surface area contributed by atoms with Crippen LogP contribution in [0.5, 0.6) is 0 Å². The van der Waals surface area contributed by atoms with Crippen molar-refractivity contribution in [3.63, 3.8) is 0 Å². The average molecular weight is 473 g/mol. The summed E-state index contributed by atoms with van der Waals surface area (Å²) in [5, 5.41) is 0.563. The number of pyridine rings is 1. The number of ketones is 1. The van der Waals surface area contributed by atoms with Crippen molar-refractivity contribution in [3.05, 3.63) is 88.0 Å². The van der Waals surface area contributed by atoms with E-state index < -0.39 is 0 Å². The number of esters is 1. The highest BCUT2D eigenvalue weighted by Gasteiger charge is 2.31. The van der Waals surface area contributed by atoms with E-state index in [4.69, 9.17) is 16.3 Å². The minimum Gasteiger partial charge on any atom is -0.466 e. The van der Waals surface area contributed by atoms with Crippen LogP contribution in [-0.2, 0) is 16.0 Å². The van der Waals surface area contributed by atoms with Gasteiger partial charge in [0, 0.05) is 28.5 Å². The molecule has 0 aliphatic rings. The molecule has 4 nitrogen and oxygen atoms in total. The molecule has 160 valence electrons. The second-order valence-corrected chi connectivity index (χ2v) is 9.59. The molecule has 0 N–H and O–H groups in total. The molecule has 0 saturated carbocycles. The third-order valence-electron chi connectivity index (χ3n) is 4.31. The van der Waals surface area contributed by atoms with Gasteiger partial charge in [-0.25, -0.2) is 0 Å². The van der Waals surface area contributed by atoms with Crippen molar-refractivity contribution in [2.45, 2.75) is 24.5 Å². The zero-order valence-corrected chi connectivity index (χ0v) is 19.8. The smallest absolute Gasteiger partial charge is 0.310 e. The first-order valence-electron chi connectivity index (χ1n) is 9.76. The zero-order valence-electron chi connectivity index (χ0n) is 17.4. The number of carbonyl (C=O) groups excluding carboxylic acids is 2. The third-order valence-corrected chi connectivity index (χ3v) is 7.27. The van der Waals surface area contributed by atoms with Crippen molar-refractivity contribution in [2.24, 2.45) is 0 Å². The van der Waals surface area contributed by atoms with Gasteiger partial charge in [-0.1, -0.05) is 29.8 Å². The first-order valence-corrected chi connectivity index (χ1v) is 11.9. The van der Waals surface area contributed by atoms with Gasteiger partial charge in [-0.15, -0.1) is 23.1 Å². The number of carbonyl (C=O) groups is 2. The van der Waals surface area contributed by atoms with Crippen LogP contribution in [0, 0.1) is 0 Å². The summed E-state index contributed by atoms with van der Waals surface area (Å²) < 4.78 is 8.11. The van der Waals surface area contributed by atoms with Crippen molar-refractivity contribution < 1.29 is 18.9 Å². The molecule has 0 saturated heterocycles. The van der Waals surface area contributed by atoms with E-state index in [2.05, 4.69) is 6.58 Å². The van der Waals surface area contributed by atoms with Crippen molar-refractivity contribution in [1.29, 1.82) is 0 Å². The fraction of sp³-hybridized carbons (Fsp3) is 0.208. The fourth-order valence-electron chi connectivity index (χ4n) is 2.97. The Morgan fingerprint density at radius 1 is 1.16 bits per heavy atom. The number of thioether (sulfide) groups is 1. The Bertz CT molecular complexity index is 1090. The molecule has 3 aromatic rings. The van der Waals surface area contributed by atoms with Crippen molar-refractivity contribution in [2.75, 3.05) is 12.4 Å². The monoisotopic (exact) mass is 472 g/mol. The maximum Gasteiger partial charge on any atom is 0.310 e. The number of benzene rings is 1. The molecule has 31 heavy (non-hydrogen) atoms. The molecule has 0 spiro atoms. The number of rotatable bonds is 9. The highest BCUT2D eigenvalue weighted by atomic mass is 35.5. The van der Waals surface area contributed by atoms with Crippen molar-refractivity contribution >= 4 is 46.5 Å². The van der Waals surface area contributed by atoms with Gasteiger partial charge in [-0.3, -0.25) is 9.59 Å². The molecule has 0 aliphatic heterocycles. The lowest BCUT2D eigenvalue weighted by Crippen LogP contribution is -2.31. The molecule has 0 atom stereocenters. The first kappa shape index (κ1) is 23.3. The molecule has 2 aromatic heterocycles. The van der Waals surface area contributed by atoms with Gasteiger partial charge in [0.1, 0.15) is 4.21 Å². The Hall–Kier alpha value is -2.41. The molecule has 7 heteroatoms. The summed E-state index contributed by atoms with van der Waals surface area (Å²) in [5.41, 5.74) is 3.06. The van der Waals surface area contributed by atoms with E-state index in [1.165, 1.54) is 11.3 Å². The van der Waals surface area contributed by atoms with Crippen LogP contribution in [-0.4, -0.2) is 24.1 Å². The third kappa shape index (κ3) is 5.85. The van der Waals surface area contributed by atoms with Crippen LogP contribution in [0.2, 0.25) is 5.02 Å². The summed E-state index contributed by atoms with van der Waals surface area (Å²) in [6.07, 6.45) is 3.85. The van der Waals surface area contributed by atoms with Gasteiger partial charge >= 0.3 is 5.97 Å². The predicted molar refractivity (Wildman–Crippen MR) is 127 cm³/mol. The number of ether oxygens (including phenoxy) is 1. The Balaban J connectivity index is 2.17. The minimum atomic E-state index is -0.361. The molecule has 0 radical (unpaired) electrons. The molecule has 0 aliphatic carbocycles. The average Bonchev–Trinajstić information content (AvgIpc) is 3.11. The minimum absolute atomic E-state index is 0.0177. The maximum atomic E-state index is 13.4. The fourth-order valence-corrected chi connectivity index (χ4v) is 5.51. The first-order chi connectivity index (χ1) is 14.9. The molecule has 0 unspecified atom stereocenters. The number of nitrogens with zero attached hydrogens (tertiary/aromatic N) is 1. The summed E-state index contributed by atoms with van der Waals surface area (Å²) in [5.74, 6) is 0.217. The van der Waals surface area contributed by atoms with E-state index in [1.54, 1.807) is 43.0 Å². The Morgan fingerprint density at radius 2 is 1.84 bits per heavy atom. The normalized spacial score (nSPS) is 10.7. The summed E-state index contributed by atoms with van der Waals surface area (Å²) in [4.78, 5) is 26.4. The zero-order chi connectivity index (χ0) is 22.4. The van der Waals surface area contributed by atoms with Gasteiger partial charge in [0.15, 0.2) is 12.4 Å². The Kier molecular flexibility index (Phi) is 8.07. The highest BCUT2D eigenvalue weighted by Crippen LogP contribution is 2.39. The van der Waals surface area contributed by atoms with Crippen LogP contribution < -0.4 is 4.57 Å². The van der Waals surface area contributed by atoms with Crippen LogP contribution in [0.25, 0.3) is 5.69 Å². The predicted octanol–water partition coefficient (Wildman–Crippen LogP) is 5.68. The van der Waals surface area contributed by atoms with E-state index in [0.29, 0.717) is 26.8 Å². The van der Waals surface area contributed by atoms with E-state index in [9.17, 15) is 9.59 Å².